The third kappa shape index (κ3) is 4.51. The van der Waals surface area contributed by atoms with Crippen molar-refractivity contribution in [1.82, 2.24) is 4.90 Å². The summed E-state index contributed by atoms with van der Waals surface area (Å²) in [6.45, 7) is 1.15. The summed E-state index contributed by atoms with van der Waals surface area (Å²) >= 11 is 5.88. The van der Waals surface area contributed by atoms with E-state index >= 15 is 0 Å². The van der Waals surface area contributed by atoms with E-state index in [1.54, 1.807) is 29.2 Å². The number of piperidine rings is 1. The molecule has 2 aromatic carbocycles. The van der Waals surface area contributed by atoms with Crippen LogP contribution in [0.2, 0.25) is 5.02 Å². The minimum absolute atomic E-state index is 0.0359. The van der Waals surface area contributed by atoms with E-state index < -0.39 is 6.04 Å². The Kier molecular flexibility index (Phi) is 6.07. The number of carbonyl (C=O) groups is 2. The summed E-state index contributed by atoms with van der Waals surface area (Å²) < 4.78 is 0. The maximum atomic E-state index is 12.6. The van der Waals surface area contributed by atoms with Gasteiger partial charge < -0.3 is 10.6 Å². The van der Waals surface area contributed by atoms with Gasteiger partial charge in [0.25, 0.3) is 0 Å². The minimum atomic E-state index is -0.541. The van der Waals surface area contributed by atoms with Crippen LogP contribution in [0.4, 0.5) is 0 Å². The maximum absolute atomic E-state index is 12.6. The Bertz CT molecular complexity index is 753. The fourth-order valence-corrected chi connectivity index (χ4v) is 3.53. The largest absolute Gasteiger partial charge is 0.341 e. The predicted octanol–water partition coefficient (Wildman–Crippen LogP) is 3.33. The Morgan fingerprint density at radius 1 is 1.04 bits per heavy atom. The van der Waals surface area contributed by atoms with Crippen molar-refractivity contribution in [2.75, 3.05) is 13.1 Å². The minimum Gasteiger partial charge on any atom is -0.341 e. The van der Waals surface area contributed by atoms with Gasteiger partial charge >= 0.3 is 0 Å². The van der Waals surface area contributed by atoms with Gasteiger partial charge in [-0.1, -0.05) is 41.9 Å². The summed E-state index contributed by atoms with van der Waals surface area (Å²) in [7, 11) is 0. The lowest BCUT2D eigenvalue weighted by Gasteiger charge is -2.33. The van der Waals surface area contributed by atoms with Crippen LogP contribution >= 0.6 is 11.6 Å². The van der Waals surface area contributed by atoms with Gasteiger partial charge in [-0.05, 0) is 49.1 Å². The van der Waals surface area contributed by atoms with Crippen molar-refractivity contribution in [2.45, 2.75) is 25.3 Å². The molecular formula is C21H23ClN2O2. The van der Waals surface area contributed by atoms with Crippen molar-refractivity contribution in [3.05, 3.63) is 70.7 Å². The molecule has 1 amide bonds. The van der Waals surface area contributed by atoms with Crippen LogP contribution in [0.3, 0.4) is 0 Å². The Hall–Kier alpha value is -2.17. The van der Waals surface area contributed by atoms with Gasteiger partial charge in [-0.25, -0.2) is 0 Å². The molecule has 1 aliphatic heterocycles. The number of halogens is 1. The molecule has 5 heteroatoms. The summed E-state index contributed by atoms with van der Waals surface area (Å²) in [6, 6.07) is 16.2. The topological polar surface area (TPSA) is 63.4 Å². The molecule has 0 aliphatic carbocycles. The van der Waals surface area contributed by atoms with Gasteiger partial charge in [0.05, 0.1) is 6.04 Å². The van der Waals surface area contributed by atoms with Gasteiger partial charge in [0.2, 0.25) is 5.91 Å². The predicted molar refractivity (Wildman–Crippen MR) is 103 cm³/mol. The monoisotopic (exact) mass is 370 g/mol. The van der Waals surface area contributed by atoms with E-state index in [9.17, 15) is 9.59 Å². The number of ketones is 1. The van der Waals surface area contributed by atoms with Crippen molar-refractivity contribution in [1.29, 1.82) is 0 Å². The fourth-order valence-electron chi connectivity index (χ4n) is 3.40. The molecule has 3 rings (SSSR count). The second-order valence-corrected chi connectivity index (χ2v) is 7.20. The number of amides is 1. The fraction of sp³-hybridized carbons (Fsp3) is 0.333. The summed E-state index contributed by atoms with van der Waals surface area (Å²) in [5.74, 6) is 0.0409. The van der Waals surface area contributed by atoms with E-state index in [2.05, 4.69) is 0 Å². The molecule has 1 heterocycles. The van der Waals surface area contributed by atoms with E-state index in [1.807, 2.05) is 30.3 Å². The van der Waals surface area contributed by atoms with Crippen LogP contribution in [0.25, 0.3) is 0 Å². The van der Waals surface area contributed by atoms with E-state index in [0.717, 1.165) is 5.56 Å². The van der Waals surface area contributed by atoms with Gasteiger partial charge in [-0.2, -0.15) is 0 Å². The van der Waals surface area contributed by atoms with E-state index in [4.69, 9.17) is 17.3 Å². The first-order chi connectivity index (χ1) is 12.5. The Morgan fingerprint density at radius 2 is 1.65 bits per heavy atom. The highest BCUT2D eigenvalue weighted by Crippen LogP contribution is 2.23. The number of benzene rings is 2. The number of nitrogens with two attached hydrogens (primary N) is 1. The molecule has 2 aromatic rings. The van der Waals surface area contributed by atoms with E-state index in [-0.39, 0.29) is 17.6 Å². The van der Waals surface area contributed by atoms with Gasteiger partial charge in [0.1, 0.15) is 0 Å². The second-order valence-electron chi connectivity index (χ2n) is 6.77. The van der Waals surface area contributed by atoms with Crippen molar-refractivity contribution in [2.24, 2.45) is 11.7 Å². The highest BCUT2D eigenvalue weighted by Gasteiger charge is 2.30. The zero-order valence-corrected chi connectivity index (χ0v) is 15.4. The molecule has 4 nitrogen and oxygen atoms in total. The SMILES string of the molecule is N[C@@H](Cc1ccccc1)C(=O)N1CCC(C(=O)c2ccc(Cl)cc2)CC1. The molecule has 0 aromatic heterocycles. The standard InChI is InChI=1S/C21H23ClN2O2/c22-18-8-6-16(7-9-18)20(25)17-10-12-24(13-11-17)21(26)19(23)14-15-4-2-1-3-5-15/h1-9,17,19H,10-14,23H2/t19-/m0/s1. The summed E-state index contributed by atoms with van der Waals surface area (Å²) in [5.41, 5.74) is 7.85. The van der Waals surface area contributed by atoms with Crippen LogP contribution < -0.4 is 5.73 Å². The number of rotatable bonds is 5. The number of likely N-dealkylation sites (tertiary alicyclic amines) is 1. The first-order valence-electron chi connectivity index (χ1n) is 8.92. The lowest BCUT2D eigenvalue weighted by Crippen LogP contribution is -2.48. The Labute approximate surface area is 158 Å². The van der Waals surface area contributed by atoms with Crippen LogP contribution in [-0.4, -0.2) is 35.7 Å². The van der Waals surface area contributed by atoms with Gasteiger partial charge in [0, 0.05) is 29.6 Å². The molecule has 0 bridgehead atoms. The molecule has 0 unspecified atom stereocenters. The zero-order valence-electron chi connectivity index (χ0n) is 14.6. The van der Waals surface area contributed by atoms with Crippen LogP contribution in [0.1, 0.15) is 28.8 Å². The van der Waals surface area contributed by atoms with Crippen LogP contribution in [0, 0.1) is 5.92 Å². The normalized spacial score (nSPS) is 16.3. The lowest BCUT2D eigenvalue weighted by molar-refractivity contribution is -0.133. The maximum Gasteiger partial charge on any atom is 0.239 e. The molecule has 0 spiro atoms. The third-order valence-electron chi connectivity index (χ3n) is 4.92. The molecule has 0 radical (unpaired) electrons. The molecular weight excluding hydrogens is 348 g/mol. The smallest absolute Gasteiger partial charge is 0.239 e. The zero-order chi connectivity index (χ0) is 18.5. The molecule has 26 heavy (non-hydrogen) atoms. The number of carbonyl (C=O) groups excluding carboxylic acids is 2. The molecule has 1 atom stereocenters. The van der Waals surface area contributed by atoms with Crippen LogP contribution in [0.15, 0.2) is 54.6 Å². The molecule has 1 fully saturated rings. The molecule has 1 aliphatic rings. The van der Waals surface area contributed by atoms with Crippen molar-refractivity contribution < 1.29 is 9.59 Å². The van der Waals surface area contributed by atoms with Crippen molar-refractivity contribution in [3.8, 4) is 0 Å². The van der Waals surface area contributed by atoms with Crippen molar-refractivity contribution >= 4 is 23.3 Å². The average molecular weight is 371 g/mol. The van der Waals surface area contributed by atoms with Gasteiger partial charge in [-0.3, -0.25) is 9.59 Å². The number of Topliss-reactive ketones (excluding diaryl/α,β-unsaturated/α-hetero) is 1. The Balaban J connectivity index is 1.53. The molecule has 1 saturated heterocycles. The molecule has 2 N–H and O–H groups in total. The highest BCUT2D eigenvalue weighted by atomic mass is 35.5. The quantitative estimate of drug-likeness (QED) is 0.821. The molecule has 136 valence electrons. The third-order valence-corrected chi connectivity index (χ3v) is 5.17. The number of hydrogen-bond donors (Lipinski definition) is 1. The van der Waals surface area contributed by atoms with E-state index in [1.165, 1.54) is 0 Å². The van der Waals surface area contributed by atoms with Crippen LogP contribution in [0.5, 0.6) is 0 Å². The number of nitrogens with zero attached hydrogens (tertiary/aromatic N) is 1. The second kappa shape index (κ2) is 8.47. The Morgan fingerprint density at radius 3 is 2.27 bits per heavy atom. The summed E-state index contributed by atoms with van der Waals surface area (Å²) in [4.78, 5) is 27.0. The molecule has 0 saturated carbocycles. The van der Waals surface area contributed by atoms with Gasteiger partial charge in [0.15, 0.2) is 5.78 Å². The van der Waals surface area contributed by atoms with Crippen LogP contribution in [-0.2, 0) is 11.2 Å². The highest BCUT2D eigenvalue weighted by molar-refractivity contribution is 6.30. The summed E-state index contributed by atoms with van der Waals surface area (Å²) in [5, 5.41) is 0.620. The van der Waals surface area contributed by atoms with Crippen molar-refractivity contribution in [3.63, 3.8) is 0 Å². The lowest BCUT2D eigenvalue weighted by atomic mass is 9.88. The summed E-state index contributed by atoms with van der Waals surface area (Å²) in [6.07, 6.45) is 1.87. The van der Waals surface area contributed by atoms with Gasteiger partial charge in [-0.15, -0.1) is 0 Å². The average Bonchev–Trinajstić information content (AvgIpc) is 2.68. The first-order valence-corrected chi connectivity index (χ1v) is 9.30. The van der Waals surface area contributed by atoms with E-state index in [0.29, 0.717) is 42.9 Å². The number of hydrogen-bond acceptors (Lipinski definition) is 3. The first kappa shape index (κ1) is 18.6.